The number of benzene rings is 1. The van der Waals surface area contributed by atoms with Gasteiger partial charge < -0.3 is 16.0 Å². The summed E-state index contributed by atoms with van der Waals surface area (Å²) in [6.45, 7) is 7.55. The summed E-state index contributed by atoms with van der Waals surface area (Å²) in [5.41, 5.74) is 7.39. The van der Waals surface area contributed by atoms with E-state index in [0.29, 0.717) is 18.4 Å². The molecule has 1 atom stereocenters. The molecule has 1 aromatic rings. The van der Waals surface area contributed by atoms with Crippen LogP contribution in [0.25, 0.3) is 0 Å². The number of carbonyl (C=O) groups is 1. The van der Waals surface area contributed by atoms with Crippen LogP contribution in [0.3, 0.4) is 0 Å². The molecule has 1 aromatic carbocycles. The third-order valence-electron chi connectivity index (χ3n) is 4.21. The summed E-state index contributed by atoms with van der Waals surface area (Å²) in [6.07, 6.45) is 2.88. The van der Waals surface area contributed by atoms with Crippen LogP contribution < -0.4 is 11.1 Å². The maximum Gasteiger partial charge on any atom is 0.224 e. The van der Waals surface area contributed by atoms with Crippen LogP contribution in [-0.4, -0.2) is 36.5 Å². The first-order chi connectivity index (χ1) is 10.0. The molecule has 1 heterocycles. The molecule has 0 aliphatic carbocycles. The lowest BCUT2D eigenvalue weighted by Gasteiger charge is -2.35. The molecule has 1 fully saturated rings. The van der Waals surface area contributed by atoms with E-state index < -0.39 is 0 Å². The normalized spacial score (nSPS) is 18.0. The highest BCUT2D eigenvalue weighted by molar-refractivity contribution is 5.85. The number of piperidine rings is 1. The van der Waals surface area contributed by atoms with Gasteiger partial charge in [-0.3, -0.25) is 4.79 Å². The van der Waals surface area contributed by atoms with Gasteiger partial charge in [0.15, 0.2) is 0 Å². The quantitative estimate of drug-likeness (QED) is 0.792. The van der Waals surface area contributed by atoms with Crippen LogP contribution in [0.2, 0.25) is 0 Å². The van der Waals surface area contributed by atoms with E-state index in [2.05, 4.69) is 24.1 Å². The minimum Gasteiger partial charge on any atom is -0.399 e. The Morgan fingerprint density at radius 1 is 1.30 bits per heavy atom. The summed E-state index contributed by atoms with van der Waals surface area (Å²) < 4.78 is 0. The Hall–Kier alpha value is -0.970. The van der Waals surface area contributed by atoms with Gasteiger partial charge in [-0.15, -0.1) is 24.8 Å². The Morgan fingerprint density at radius 2 is 1.96 bits per heavy atom. The third kappa shape index (κ3) is 7.42. The second-order valence-electron chi connectivity index (χ2n) is 6.32. The monoisotopic (exact) mass is 361 g/mol. The zero-order valence-electron chi connectivity index (χ0n) is 14.0. The number of likely N-dealkylation sites (tertiary alicyclic amines) is 1. The number of halogens is 2. The van der Waals surface area contributed by atoms with E-state index in [4.69, 9.17) is 5.73 Å². The highest BCUT2D eigenvalue weighted by Crippen LogP contribution is 2.17. The van der Waals surface area contributed by atoms with Crippen LogP contribution in [0.5, 0.6) is 0 Å². The minimum atomic E-state index is 0. The van der Waals surface area contributed by atoms with Crippen molar-refractivity contribution in [1.29, 1.82) is 0 Å². The molecular weight excluding hydrogens is 333 g/mol. The molecular formula is C17H29Cl2N3O. The van der Waals surface area contributed by atoms with E-state index >= 15 is 0 Å². The van der Waals surface area contributed by atoms with Crippen LogP contribution in [0.4, 0.5) is 5.69 Å². The lowest BCUT2D eigenvalue weighted by molar-refractivity contribution is -0.120. The molecule has 0 saturated carbocycles. The van der Waals surface area contributed by atoms with Gasteiger partial charge in [0, 0.05) is 24.8 Å². The number of rotatable bonds is 5. The van der Waals surface area contributed by atoms with Gasteiger partial charge in [-0.2, -0.15) is 0 Å². The average molecular weight is 362 g/mol. The third-order valence-corrected chi connectivity index (χ3v) is 4.21. The molecule has 3 N–H and O–H groups in total. The van der Waals surface area contributed by atoms with Crippen LogP contribution in [0.1, 0.15) is 32.3 Å². The zero-order chi connectivity index (χ0) is 15.2. The molecule has 0 aromatic heterocycles. The Balaban J connectivity index is 0.00000242. The number of nitrogens with zero attached hydrogens (tertiary/aromatic N) is 1. The first-order valence-electron chi connectivity index (χ1n) is 7.89. The topological polar surface area (TPSA) is 58.4 Å². The van der Waals surface area contributed by atoms with Gasteiger partial charge in [-0.05, 0) is 56.8 Å². The van der Waals surface area contributed by atoms with Crippen molar-refractivity contribution in [3.8, 4) is 0 Å². The van der Waals surface area contributed by atoms with Gasteiger partial charge in [0.2, 0.25) is 5.91 Å². The molecule has 132 valence electrons. The largest absolute Gasteiger partial charge is 0.399 e. The first kappa shape index (κ1) is 22.0. The Kier molecular flexibility index (Phi) is 10.3. The van der Waals surface area contributed by atoms with E-state index in [0.717, 1.165) is 24.3 Å². The first-order valence-corrected chi connectivity index (χ1v) is 7.89. The number of hydrogen-bond acceptors (Lipinski definition) is 3. The molecule has 6 heteroatoms. The Bertz CT molecular complexity index is 465. The maximum atomic E-state index is 12.0. The fourth-order valence-electron chi connectivity index (χ4n) is 2.87. The maximum absolute atomic E-state index is 12.0. The molecule has 1 unspecified atom stereocenters. The summed E-state index contributed by atoms with van der Waals surface area (Å²) >= 11 is 0. The standard InChI is InChI=1S/C17H27N3O.2ClH/c1-13(2)20-9-3-4-15(12-20)11-19-17(21)10-14-5-7-16(18)8-6-14;;/h5-8,13,15H,3-4,9-12,18H2,1-2H3,(H,19,21);2*1H. The number of anilines is 1. The van der Waals surface area contributed by atoms with Gasteiger partial charge in [0.05, 0.1) is 6.42 Å². The van der Waals surface area contributed by atoms with Crippen molar-refractivity contribution in [1.82, 2.24) is 10.2 Å². The van der Waals surface area contributed by atoms with Crippen molar-refractivity contribution < 1.29 is 4.79 Å². The van der Waals surface area contributed by atoms with E-state index in [1.807, 2.05) is 24.3 Å². The molecule has 2 rings (SSSR count). The lowest BCUT2D eigenvalue weighted by atomic mass is 9.97. The van der Waals surface area contributed by atoms with E-state index in [1.54, 1.807) is 0 Å². The molecule has 1 saturated heterocycles. The number of hydrogen-bond donors (Lipinski definition) is 2. The SMILES string of the molecule is CC(C)N1CCCC(CNC(=O)Cc2ccc(N)cc2)C1.Cl.Cl. The number of nitrogens with two attached hydrogens (primary N) is 1. The molecule has 1 aliphatic heterocycles. The highest BCUT2D eigenvalue weighted by Gasteiger charge is 2.21. The fraction of sp³-hybridized carbons (Fsp3) is 0.588. The summed E-state index contributed by atoms with van der Waals surface area (Å²) in [6, 6.07) is 8.10. The van der Waals surface area contributed by atoms with Gasteiger partial charge in [-0.25, -0.2) is 0 Å². The fourth-order valence-corrected chi connectivity index (χ4v) is 2.87. The summed E-state index contributed by atoms with van der Waals surface area (Å²) in [5, 5.41) is 3.08. The van der Waals surface area contributed by atoms with Crippen molar-refractivity contribution in [3.63, 3.8) is 0 Å². The number of carbonyl (C=O) groups excluding carboxylic acids is 1. The molecule has 4 nitrogen and oxygen atoms in total. The van der Waals surface area contributed by atoms with Gasteiger partial charge in [0.1, 0.15) is 0 Å². The van der Waals surface area contributed by atoms with E-state index in [1.165, 1.54) is 19.4 Å². The molecule has 0 radical (unpaired) electrons. The predicted octanol–water partition coefficient (Wildman–Crippen LogP) is 2.89. The van der Waals surface area contributed by atoms with E-state index in [9.17, 15) is 4.79 Å². The van der Waals surface area contributed by atoms with Crippen molar-refractivity contribution in [2.75, 3.05) is 25.4 Å². The zero-order valence-corrected chi connectivity index (χ0v) is 15.6. The Labute approximate surface area is 152 Å². The van der Waals surface area contributed by atoms with Crippen molar-refractivity contribution >= 4 is 36.4 Å². The average Bonchev–Trinajstić information content (AvgIpc) is 2.48. The Morgan fingerprint density at radius 3 is 2.57 bits per heavy atom. The van der Waals surface area contributed by atoms with Crippen LogP contribution in [0.15, 0.2) is 24.3 Å². The number of amides is 1. The van der Waals surface area contributed by atoms with Crippen molar-refractivity contribution in [2.45, 2.75) is 39.2 Å². The molecule has 0 spiro atoms. The van der Waals surface area contributed by atoms with Crippen molar-refractivity contribution in [3.05, 3.63) is 29.8 Å². The second-order valence-corrected chi connectivity index (χ2v) is 6.32. The molecule has 1 amide bonds. The summed E-state index contributed by atoms with van der Waals surface area (Å²) in [4.78, 5) is 14.5. The molecule has 23 heavy (non-hydrogen) atoms. The number of nitrogen functional groups attached to an aromatic ring is 1. The van der Waals surface area contributed by atoms with Gasteiger partial charge in [0.25, 0.3) is 0 Å². The van der Waals surface area contributed by atoms with Crippen LogP contribution >= 0.6 is 24.8 Å². The second kappa shape index (κ2) is 10.7. The van der Waals surface area contributed by atoms with Gasteiger partial charge >= 0.3 is 0 Å². The van der Waals surface area contributed by atoms with Crippen LogP contribution in [0, 0.1) is 5.92 Å². The molecule has 1 aliphatic rings. The summed E-state index contributed by atoms with van der Waals surface area (Å²) in [5.74, 6) is 0.679. The molecule has 0 bridgehead atoms. The summed E-state index contributed by atoms with van der Waals surface area (Å²) in [7, 11) is 0. The van der Waals surface area contributed by atoms with E-state index in [-0.39, 0.29) is 30.7 Å². The lowest BCUT2D eigenvalue weighted by Crippen LogP contribution is -2.43. The van der Waals surface area contributed by atoms with Crippen LogP contribution in [-0.2, 0) is 11.2 Å². The van der Waals surface area contributed by atoms with Gasteiger partial charge in [-0.1, -0.05) is 12.1 Å². The minimum absolute atomic E-state index is 0. The highest BCUT2D eigenvalue weighted by atomic mass is 35.5. The predicted molar refractivity (Wildman–Crippen MR) is 101 cm³/mol. The van der Waals surface area contributed by atoms with Crippen molar-refractivity contribution in [2.24, 2.45) is 5.92 Å². The number of nitrogens with one attached hydrogen (secondary N) is 1. The smallest absolute Gasteiger partial charge is 0.224 e.